The summed E-state index contributed by atoms with van der Waals surface area (Å²) in [6, 6.07) is 7.25. The standard InChI is InChI=1S/C19H22O5/c1-12-16(21-2)9-14(10-17(12)22-3)7-6-13-8-15(20)19(24-5)18(11-13)23-4/h6-11,20H,1-5H3/b7-6-. The van der Waals surface area contributed by atoms with Crippen LogP contribution in [0.25, 0.3) is 12.2 Å². The van der Waals surface area contributed by atoms with Crippen LogP contribution in [0.15, 0.2) is 24.3 Å². The summed E-state index contributed by atoms with van der Waals surface area (Å²) in [5.74, 6) is 2.31. The van der Waals surface area contributed by atoms with Crippen molar-refractivity contribution in [2.75, 3.05) is 28.4 Å². The van der Waals surface area contributed by atoms with Crippen LogP contribution < -0.4 is 18.9 Å². The van der Waals surface area contributed by atoms with Gasteiger partial charge >= 0.3 is 0 Å². The Morgan fingerprint density at radius 2 is 1.17 bits per heavy atom. The van der Waals surface area contributed by atoms with Crippen molar-refractivity contribution < 1.29 is 24.1 Å². The summed E-state index contributed by atoms with van der Waals surface area (Å²) in [5.41, 5.74) is 2.65. The van der Waals surface area contributed by atoms with Crippen molar-refractivity contribution in [1.82, 2.24) is 0 Å². The third-order valence-corrected chi connectivity index (χ3v) is 3.72. The van der Waals surface area contributed by atoms with Crippen molar-refractivity contribution in [2.24, 2.45) is 0 Å². The van der Waals surface area contributed by atoms with Crippen LogP contribution in [0, 0.1) is 6.92 Å². The van der Waals surface area contributed by atoms with Crippen LogP contribution in [-0.2, 0) is 0 Å². The number of aromatic hydroxyl groups is 1. The molecule has 2 rings (SSSR count). The lowest BCUT2D eigenvalue weighted by Crippen LogP contribution is -1.93. The Bertz CT molecular complexity index is 725. The van der Waals surface area contributed by atoms with Gasteiger partial charge in [-0.05, 0) is 42.3 Å². The lowest BCUT2D eigenvalue weighted by molar-refractivity contribution is 0.333. The number of benzene rings is 2. The average Bonchev–Trinajstić information content (AvgIpc) is 2.60. The second-order valence-electron chi connectivity index (χ2n) is 5.16. The maximum absolute atomic E-state index is 10.0. The number of rotatable bonds is 6. The van der Waals surface area contributed by atoms with E-state index in [-0.39, 0.29) is 5.75 Å². The molecule has 0 bridgehead atoms. The molecule has 5 nitrogen and oxygen atoms in total. The van der Waals surface area contributed by atoms with Crippen LogP contribution in [0.5, 0.6) is 28.7 Å². The molecular weight excluding hydrogens is 308 g/mol. The Morgan fingerprint density at radius 3 is 1.62 bits per heavy atom. The van der Waals surface area contributed by atoms with Gasteiger partial charge in [0, 0.05) is 5.56 Å². The number of hydrogen-bond donors (Lipinski definition) is 1. The molecule has 0 atom stereocenters. The first-order chi connectivity index (χ1) is 11.5. The topological polar surface area (TPSA) is 57.2 Å². The molecule has 0 aliphatic rings. The summed E-state index contributed by atoms with van der Waals surface area (Å²) >= 11 is 0. The summed E-state index contributed by atoms with van der Waals surface area (Å²) in [6.07, 6.45) is 3.77. The molecule has 0 aliphatic heterocycles. The number of methoxy groups -OCH3 is 4. The molecule has 0 radical (unpaired) electrons. The molecule has 5 heteroatoms. The average molecular weight is 330 g/mol. The first-order valence-corrected chi connectivity index (χ1v) is 7.39. The molecule has 0 fully saturated rings. The van der Waals surface area contributed by atoms with Crippen molar-refractivity contribution in [3.63, 3.8) is 0 Å². The molecule has 24 heavy (non-hydrogen) atoms. The van der Waals surface area contributed by atoms with E-state index in [4.69, 9.17) is 18.9 Å². The maximum Gasteiger partial charge on any atom is 0.203 e. The zero-order valence-electron chi connectivity index (χ0n) is 14.5. The molecule has 0 spiro atoms. The Morgan fingerprint density at radius 1 is 0.708 bits per heavy atom. The number of hydrogen-bond acceptors (Lipinski definition) is 5. The first kappa shape index (κ1) is 17.5. The van der Waals surface area contributed by atoms with Gasteiger partial charge in [0.25, 0.3) is 0 Å². The maximum atomic E-state index is 10.0. The molecule has 1 N–H and O–H groups in total. The molecule has 0 saturated carbocycles. The molecule has 128 valence electrons. The number of phenolic OH excluding ortho intramolecular Hbond substituents is 1. The van der Waals surface area contributed by atoms with Gasteiger partial charge in [-0.25, -0.2) is 0 Å². The summed E-state index contributed by atoms with van der Waals surface area (Å²) in [6.45, 7) is 1.94. The molecule has 0 unspecified atom stereocenters. The lowest BCUT2D eigenvalue weighted by atomic mass is 10.1. The fourth-order valence-electron chi connectivity index (χ4n) is 2.46. The van der Waals surface area contributed by atoms with Gasteiger partial charge < -0.3 is 24.1 Å². The van der Waals surface area contributed by atoms with Crippen molar-refractivity contribution in [2.45, 2.75) is 6.92 Å². The highest BCUT2D eigenvalue weighted by Gasteiger charge is 2.11. The van der Waals surface area contributed by atoms with E-state index in [1.807, 2.05) is 31.2 Å². The van der Waals surface area contributed by atoms with E-state index in [9.17, 15) is 5.11 Å². The van der Waals surface area contributed by atoms with Crippen molar-refractivity contribution >= 4 is 12.2 Å². The molecular formula is C19H22O5. The molecule has 0 aromatic heterocycles. The third-order valence-electron chi connectivity index (χ3n) is 3.72. The van der Waals surface area contributed by atoms with E-state index in [1.54, 1.807) is 26.4 Å². The van der Waals surface area contributed by atoms with Crippen LogP contribution in [0.2, 0.25) is 0 Å². The fraction of sp³-hybridized carbons (Fsp3) is 0.263. The van der Waals surface area contributed by atoms with Crippen molar-refractivity contribution in [1.29, 1.82) is 0 Å². The monoisotopic (exact) mass is 330 g/mol. The van der Waals surface area contributed by atoms with Gasteiger partial charge in [0.1, 0.15) is 11.5 Å². The van der Waals surface area contributed by atoms with E-state index < -0.39 is 0 Å². The van der Waals surface area contributed by atoms with Crippen molar-refractivity contribution in [3.05, 3.63) is 41.0 Å². The lowest BCUT2D eigenvalue weighted by Gasteiger charge is -2.11. The Hall–Kier alpha value is -2.82. The van der Waals surface area contributed by atoms with Crippen LogP contribution >= 0.6 is 0 Å². The summed E-state index contributed by atoms with van der Waals surface area (Å²) in [5, 5.41) is 10.0. The molecule has 0 amide bonds. The van der Waals surface area contributed by atoms with Gasteiger partial charge in [-0.2, -0.15) is 0 Å². The van der Waals surface area contributed by atoms with E-state index in [0.717, 1.165) is 28.2 Å². The fourth-order valence-corrected chi connectivity index (χ4v) is 2.46. The van der Waals surface area contributed by atoms with E-state index >= 15 is 0 Å². The number of phenols is 1. The minimum Gasteiger partial charge on any atom is -0.504 e. The zero-order valence-corrected chi connectivity index (χ0v) is 14.5. The van der Waals surface area contributed by atoms with E-state index in [2.05, 4.69) is 0 Å². The van der Waals surface area contributed by atoms with E-state index in [1.165, 1.54) is 14.2 Å². The second kappa shape index (κ2) is 7.64. The highest BCUT2D eigenvalue weighted by Crippen LogP contribution is 2.38. The van der Waals surface area contributed by atoms with Crippen LogP contribution in [0.3, 0.4) is 0 Å². The normalized spacial score (nSPS) is 10.7. The predicted octanol–water partition coefficient (Wildman–Crippen LogP) is 3.91. The summed E-state index contributed by atoms with van der Waals surface area (Å²) < 4.78 is 21.1. The predicted molar refractivity (Wildman–Crippen MR) is 94.4 cm³/mol. The third kappa shape index (κ3) is 3.56. The van der Waals surface area contributed by atoms with Gasteiger partial charge in [0.05, 0.1) is 28.4 Å². The first-order valence-electron chi connectivity index (χ1n) is 7.39. The minimum atomic E-state index is 0.0237. The smallest absolute Gasteiger partial charge is 0.203 e. The highest BCUT2D eigenvalue weighted by atomic mass is 16.5. The number of ether oxygens (including phenoxy) is 4. The molecule has 2 aromatic rings. The molecule has 2 aromatic carbocycles. The minimum absolute atomic E-state index is 0.0237. The molecule has 0 saturated heterocycles. The van der Waals surface area contributed by atoms with E-state index in [0.29, 0.717) is 11.5 Å². The highest BCUT2D eigenvalue weighted by molar-refractivity contribution is 5.74. The Balaban J connectivity index is 2.39. The Labute approximate surface area is 142 Å². The van der Waals surface area contributed by atoms with Gasteiger partial charge in [0.2, 0.25) is 5.75 Å². The largest absolute Gasteiger partial charge is 0.504 e. The van der Waals surface area contributed by atoms with Gasteiger partial charge in [-0.3, -0.25) is 0 Å². The second-order valence-corrected chi connectivity index (χ2v) is 5.16. The summed E-state index contributed by atoms with van der Waals surface area (Å²) in [7, 11) is 6.27. The van der Waals surface area contributed by atoms with Crippen molar-refractivity contribution in [3.8, 4) is 28.7 Å². The van der Waals surface area contributed by atoms with Gasteiger partial charge in [-0.15, -0.1) is 0 Å². The van der Waals surface area contributed by atoms with Crippen LogP contribution in [-0.4, -0.2) is 33.5 Å². The van der Waals surface area contributed by atoms with Crippen LogP contribution in [0.4, 0.5) is 0 Å². The quantitative estimate of drug-likeness (QED) is 0.814. The molecule has 0 aliphatic carbocycles. The zero-order chi connectivity index (χ0) is 17.7. The summed E-state index contributed by atoms with van der Waals surface area (Å²) in [4.78, 5) is 0. The van der Waals surface area contributed by atoms with Crippen LogP contribution in [0.1, 0.15) is 16.7 Å². The SMILES string of the molecule is COc1cc(/C=C\c2cc(O)c(OC)c(OC)c2)cc(OC)c1C. The van der Waals surface area contributed by atoms with Gasteiger partial charge in [-0.1, -0.05) is 12.2 Å². The van der Waals surface area contributed by atoms with Gasteiger partial charge in [0.15, 0.2) is 11.5 Å². The Kier molecular flexibility index (Phi) is 5.58. The molecule has 0 heterocycles.